The van der Waals surface area contributed by atoms with E-state index >= 15 is 0 Å². The Labute approximate surface area is 108 Å². The lowest BCUT2D eigenvalue weighted by Gasteiger charge is -1.97. The van der Waals surface area contributed by atoms with Crippen molar-refractivity contribution in [3.05, 3.63) is 35.3 Å². The molecule has 0 bridgehead atoms. The fourth-order valence-corrected chi connectivity index (χ4v) is 1.61. The van der Waals surface area contributed by atoms with Crippen LogP contribution in [0.1, 0.15) is 21.7 Å². The maximum Gasteiger partial charge on any atom is 0.384 e. The van der Waals surface area contributed by atoms with Gasteiger partial charge in [0.05, 0.1) is 18.4 Å². The number of hydrogen-bond donors (Lipinski definition) is 1. The molecular formula is C13H10N2O4. The molecule has 0 saturated carbocycles. The number of carbonyl (C=O) groups is 2. The van der Waals surface area contributed by atoms with Crippen LogP contribution in [-0.2, 0) is 9.53 Å². The third-order valence-corrected chi connectivity index (χ3v) is 2.52. The highest BCUT2D eigenvalue weighted by molar-refractivity contribution is 5.89. The van der Waals surface area contributed by atoms with Gasteiger partial charge in [0.1, 0.15) is 11.3 Å². The van der Waals surface area contributed by atoms with Crippen LogP contribution in [0.25, 0.3) is 5.65 Å². The molecule has 0 aliphatic carbocycles. The molecule has 0 radical (unpaired) electrons. The van der Waals surface area contributed by atoms with Gasteiger partial charge in [0.15, 0.2) is 0 Å². The first-order valence-corrected chi connectivity index (χ1v) is 5.35. The van der Waals surface area contributed by atoms with Gasteiger partial charge >= 0.3 is 11.9 Å². The first kappa shape index (κ1) is 12.6. The molecule has 1 N–H and O–H groups in total. The third kappa shape index (κ3) is 2.40. The Balaban J connectivity index is 2.56. The SMILES string of the molecule is COC(=O)C#Cc1c(C)nc2cc(C(=O)O)ccn12. The van der Waals surface area contributed by atoms with E-state index in [9.17, 15) is 9.59 Å². The monoisotopic (exact) mass is 258 g/mol. The number of ether oxygens (including phenoxy) is 1. The molecule has 2 heterocycles. The number of imidazole rings is 1. The molecule has 6 heteroatoms. The minimum absolute atomic E-state index is 0.143. The van der Waals surface area contributed by atoms with Gasteiger partial charge in [-0.05, 0) is 25.0 Å². The molecule has 2 aromatic heterocycles. The van der Waals surface area contributed by atoms with E-state index in [1.807, 2.05) is 0 Å². The number of methoxy groups -OCH3 is 1. The zero-order valence-corrected chi connectivity index (χ0v) is 10.3. The summed E-state index contributed by atoms with van der Waals surface area (Å²) in [6.07, 6.45) is 1.56. The first-order valence-electron chi connectivity index (χ1n) is 5.35. The van der Waals surface area contributed by atoms with Gasteiger partial charge in [-0.1, -0.05) is 0 Å². The predicted octanol–water partition coefficient (Wildman–Crippen LogP) is 0.865. The van der Waals surface area contributed by atoms with E-state index < -0.39 is 11.9 Å². The molecule has 2 rings (SSSR count). The Morgan fingerprint density at radius 1 is 1.47 bits per heavy atom. The van der Waals surface area contributed by atoms with Gasteiger partial charge in [0, 0.05) is 12.1 Å². The Morgan fingerprint density at radius 2 is 2.21 bits per heavy atom. The number of carboxylic acid groups (broad SMARTS) is 1. The molecule has 0 fully saturated rings. The summed E-state index contributed by atoms with van der Waals surface area (Å²) >= 11 is 0. The topological polar surface area (TPSA) is 80.9 Å². The summed E-state index contributed by atoms with van der Waals surface area (Å²) in [4.78, 5) is 26.1. The molecule has 0 saturated heterocycles. The Morgan fingerprint density at radius 3 is 2.84 bits per heavy atom. The smallest absolute Gasteiger partial charge is 0.384 e. The quantitative estimate of drug-likeness (QED) is 0.606. The van der Waals surface area contributed by atoms with Crippen LogP contribution in [0.2, 0.25) is 0 Å². The molecule has 19 heavy (non-hydrogen) atoms. The highest BCUT2D eigenvalue weighted by atomic mass is 16.5. The van der Waals surface area contributed by atoms with Crippen molar-refractivity contribution in [2.24, 2.45) is 0 Å². The molecule has 96 valence electrons. The van der Waals surface area contributed by atoms with Gasteiger partial charge in [-0.3, -0.25) is 4.40 Å². The average Bonchev–Trinajstić information content (AvgIpc) is 2.70. The van der Waals surface area contributed by atoms with E-state index in [4.69, 9.17) is 5.11 Å². The second-order valence-electron chi connectivity index (χ2n) is 3.74. The van der Waals surface area contributed by atoms with Crippen molar-refractivity contribution >= 4 is 17.6 Å². The fourth-order valence-electron chi connectivity index (χ4n) is 1.61. The van der Waals surface area contributed by atoms with Gasteiger partial charge in [-0.2, -0.15) is 0 Å². The zero-order chi connectivity index (χ0) is 14.0. The average molecular weight is 258 g/mol. The van der Waals surface area contributed by atoms with Crippen LogP contribution >= 0.6 is 0 Å². The van der Waals surface area contributed by atoms with Gasteiger partial charge in [0.2, 0.25) is 0 Å². The summed E-state index contributed by atoms with van der Waals surface area (Å²) in [5.74, 6) is 3.32. The van der Waals surface area contributed by atoms with Crippen LogP contribution in [0.15, 0.2) is 18.3 Å². The summed E-state index contributed by atoms with van der Waals surface area (Å²) in [5, 5.41) is 8.90. The fraction of sp³-hybridized carbons (Fsp3) is 0.154. The Bertz CT molecular complexity index is 734. The van der Waals surface area contributed by atoms with Crippen molar-refractivity contribution in [3.63, 3.8) is 0 Å². The number of hydrogen-bond acceptors (Lipinski definition) is 4. The number of esters is 1. The second kappa shape index (κ2) is 4.82. The highest BCUT2D eigenvalue weighted by Gasteiger charge is 2.10. The minimum Gasteiger partial charge on any atom is -0.478 e. The van der Waals surface area contributed by atoms with Gasteiger partial charge < -0.3 is 9.84 Å². The minimum atomic E-state index is -1.02. The van der Waals surface area contributed by atoms with Crippen LogP contribution in [0, 0.1) is 18.8 Å². The maximum atomic E-state index is 11.0. The van der Waals surface area contributed by atoms with Crippen LogP contribution in [-0.4, -0.2) is 33.5 Å². The lowest BCUT2D eigenvalue weighted by atomic mass is 10.2. The standard InChI is InChI=1S/C13H10N2O4/c1-8-10(3-4-12(16)19-2)15-6-5-9(13(17)18)7-11(15)14-8/h5-7H,1-2H3,(H,17,18). The van der Waals surface area contributed by atoms with Crippen LogP contribution < -0.4 is 0 Å². The summed E-state index contributed by atoms with van der Waals surface area (Å²) in [6, 6.07) is 2.89. The van der Waals surface area contributed by atoms with Crippen molar-refractivity contribution in [2.75, 3.05) is 7.11 Å². The molecule has 0 aromatic carbocycles. The van der Waals surface area contributed by atoms with Gasteiger partial charge in [0.25, 0.3) is 0 Å². The number of carbonyl (C=O) groups excluding carboxylic acids is 1. The zero-order valence-electron chi connectivity index (χ0n) is 10.3. The van der Waals surface area contributed by atoms with Crippen LogP contribution in [0.4, 0.5) is 0 Å². The molecule has 0 amide bonds. The number of aromatic carboxylic acids is 1. The highest BCUT2D eigenvalue weighted by Crippen LogP contribution is 2.13. The molecule has 0 atom stereocenters. The first-order chi connectivity index (χ1) is 9.02. The van der Waals surface area contributed by atoms with Gasteiger partial charge in [-0.15, -0.1) is 0 Å². The normalized spacial score (nSPS) is 9.79. The Hall–Kier alpha value is -2.81. The van der Waals surface area contributed by atoms with E-state index in [0.29, 0.717) is 17.0 Å². The number of pyridine rings is 1. The number of nitrogens with zero attached hydrogens (tertiary/aromatic N) is 2. The van der Waals surface area contributed by atoms with E-state index in [0.717, 1.165) is 0 Å². The van der Waals surface area contributed by atoms with E-state index in [-0.39, 0.29) is 5.56 Å². The summed E-state index contributed by atoms with van der Waals surface area (Å²) < 4.78 is 6.05. The maximum absolute atomic E-state index is 11.0. The predicted molar refractivity (Wildman–Crippen MR) is 65.8 cm³/mol. The second-order valence-corrected chi connectivity index (χ2v) is 3.74. The lowest BCUT2D eigenvalue weighted by Crippen LogP contribution is -1.99. The number of rotatable bonds is 1. The van der Waals surface area contributed by atoms with Crippen molar-refractivity contribution < 1.29 is 19.4 Å². The number of aryl methyl sites for hydroxylation is 1. The van der Waals surface area contributed by atoms with E-state index in [1.54, 1.807) is 17.5 Å². The number of fused-ring (bicyclic) bond motifs is 1. The molecule has 0 aliphatic rings. The van der Waals surface area contributed by atoms with Crippen molar-refractivity contribution in [1.29, 1.82) is 0 Å². The van der Waals surface area contributed by atoms with Crippen LogP contribution in [0.5, 0.6) is 0 Å². The van der Waals surface area contributed by atoms with Crippen molar-refractivity contribution in [1.82, 2.24) is 9.38 Å². The van der Waals surface area contributed by atoms with E-state index in [2.05, 4.69) is 21.6 Å². The third-order valence-electron chi connectivity index (χ3n) is 2.52. The molecular weight excluding hydrogens is 248 g/mol. The Kier molecular flexibility index (Phi) is 3.21. The molecule has 6 nitrogen and oxygen atoms in total. The molecule has 0 aliphatic heterocycles. The van der Waals surface area contributed by atoms with Gasteiger partial charge in [-0.25, -0.2) is 14.6 Å². The largest absolute Gasteiger partial charge is 0.478 e. The molecule has 0 unspecified atom stereocenters. The van der Waals surface area contributed by atoms with Crippen LogP contribution in [0.3, 0.4) is 0 Å². The number of aromatic nitrogens is 2. The number of carboxylic acids is 1. The summed E-state index contributed by atoms with van der Waals surface area (Å²) in [5.41, 5.74) is 1.74. The van der Waals surface area contributed by atoms with Crippen molar-refractivity contribution in [2.45, 2.75) is 6.92 Å². The summed E-state index contributed by atoms with van der Waals surface area (Å²) in [7, 11) is 1.25. The van der Waals surface area contributed by atoms with Crippen molar-refractivity contribution in [3.8, 4) is 11.8 Å². The lowest BCUT2D eigenvalue weighted by molar-refractivity contribution is -0.133. The summed E-state index contributed by atoms with van der Waals surface area (Å²) in [6.45, 7) is 1.73. The molecule has 2 aromatic rings. The van der Waals surface area contributed by atoms with E-state index in [1.165, 1.54) is 19.2 Å². The molecule has 0 spiro atoms.